The molecule has 1 aliphatic heterocycles. The molecule has 1 amide bonds. The van der Waals surface area contributed by atoms with Crippen LogP contribution in [0.4, 0.5) is 0 Å². The Hall–Kier alpha value is -1.75. The summed E-state index contributed by atoms with van der Waals surface area (Å²) >= 11 is 1.60. The molecule has 0 radical (unpaired) electrons. The van der Waals surface area contributed by atoms with E-state index < -0.39 is 17.7 Å². The van der Waals surface area contributed by atoms with E-state index in [-0.39, 0.29) is 11.3 Å². The maximum Gasteiger partial charge on any atom is 0.259 e. The minimum Gasteiger partial charge on any atom is -0.509 e. The second-order valence-electron chi connectivity index (χ2n) is 4.34. The van der Waals surface area contributed by atoms with Crippen LogP contribution in [-0.4, -0.2) is 28.6 Å². The number of benzene rings is 1. The lowest BCUT2D eigenvalue weighted by atomic mass is 10.1. The zero-order valence-corrected chi connectivity index (χ0v) is 11.4. The Labute approximate surface area is 115 Å². The van der Waals surface area contributed by atoms with Crippen molar-refractivity contribution in [1.29, 1.82) is 0 Å². The van der Waals surface area contributed by atoms with E-state index in [1.807, 2.05) is 30.3 Å². The first-order chi connectivity index (χ1) is 9.09. The molecule has 0 fully saturated rings. The molecule has 19 heavy (non-hydrogen) atoms. The maximum atomic E-state index is 11.5. The summed E-state index contributed by atoms with van der Waals surface area (Å²) in [5, 5.41) is 12.5. The van der Waals surface area contributed by atoms with Crippen molar-refractivity contribution in [3.05, 3.63) is 47.2 Å². The fourth-order valence-corrected chi connectivity index (χ4v) is 2.94. The molecular weight excluding hydrogens is 262 g/mol. The summed E-state index contributed by atoms with van der Waals surface area (Å²) < 4.78 is 0. The molecule has 2 N–H and O–H groups in total. The standard InChI is InChI=1S/C14H15NO3S/c1-9(16)12-13(17)11(15-14(12)18)8-19-7-10-5-3-2-4-6-10/h2-6,11,17H,7-8H2,1H3,(H,15,18)/t11-/m0/s1. The first-order valence-corrected chi connectivity index (χ1v) is 7.11. The van der Waals surface area contributed by atoms with Crippen molar-refractivity contribution in [2.24, 2.45) is 0 Å². The van der Waals surface area contributed by atoms with Gasteiger partial charge in [0.2, 0.25) is 0 Å². The maximum absolute atomic E-state index is 11.5. The van der Waals surface area contributed by atoms with Gasteiger partial charge in [-0.3, -0.25) is 9.59 Å². The van der Waals surface area contributed by atoms with Gasteiger partial charge < -0.3 is 10.4 Å². The number of hydrogen-bond acceptors (Lipinski definition) is 4. The highest BCUT2D eigenvalue weighted by molar-refractivity contribution is 7.98. The fraction of sp³-hybridized carbons (Fsp3) is 0.286. The minimum atomic E-state index is -0.477. The van der Waals surface area contributed by atoms with Gasteiger partial charge in [-0.15, -0.1) is 0 Å². The molecule has 0 aliphatic carbocycles. The van der Waals surface area contributed by atoms with Crippen molar-refractivity contribution < 1.29 is 14.7 Å². The largest absolute Gasteiger partial charge is 0.509 e. The van der Waals surface area contributed by atoms with Gasteiger partial charge in [0.25, 0.3) is 5.91 Å². The molecular formula is C14H15NO3S. The number of nitrogens with one attached hydrogen (secondary N) is 1. The average Bonchev–Trinajstić information content (AvgIpc) is 2.66. The van der Waals surface area contributed by atoms with Gasteiger partial charge in [-0.2, -0.15) is 11.8 Å². The lowest BCUT2D eigenvalue weighted by molar-refractivity contribution is -0.121. The van der Waals surface area contributed by atoms with Crippen molar-refractivity contribution in [3.8, 4) is 0 Å². The molecule has 0 saturated heterocycles. The first kappa shape index (κ1) is 13.7. The van der Waals surface area contributed by atoms with Gasteiger partial charge in [-0.1, -0.05) is 30.3 Å². The van der Waals surface area contributed by atoms with E-state index in [9.17, 15) is 14.7 Å². The lowest BCUT2D eigenvalue weighted by Gasteiger charge is -2.10. The molecule has 0 saturated carbocycles. The summed E-state index contributed by atoms with van der Waals surface area (Å²) in [6.07, 6.45) is 0. The normalized spacial score (nSPS) is 18.6. The van der Waals surface area contributed by atoms with Gasteiger partial charge in [0.1, 0.15) is 11.3 Å². The predicted octanol–water partition coefficient (Wildman–Crippen LogP) is 1.82. The monoisotopic (exact) mass is 277 g/mol. The van der Waals surface area contributed by atoms with E-state index >= 15 is 0 Å². The summed E-state index contributed by atoms with van der Waals surface area (Å²) in [7, 11) is 0. The lowest BCUT2D eigenvalue weighted by Crippen LogP contribution is -2.31. The molecule has 1 heterocycles. The molecule has 1 atom stereocenters. The molecule has 0 unspecified atom stereocenters. The number of thioether (sulfide) groups is 1. The summed E-state index contributed by atoms with van der Waals surface area (Å²) in [6, 6.07) is 9.49. The highest BCUT2D eigenvalue weighted by Gasteiger charge is 2.33. The van der Waals surface area contributed by atoms with E-state index in [1.54, 1.807) is 11.8 Å². The minimum absolute atomic E-state index is 0.106. The van der Waals surface area contributed by atoms with E-state index in [0.29, 0.717) is 5.75 Å². The van der Waals surface area contributed by atoms with Crippen LogP contribution in [0.2, 0.25) is 0 Å². The van der Waals surface area contributed by atoms with Crippen molar-refractivity contribution in [2.45, 2.75) is 18.7 Å². The third kappa shape index (κ3) is 3.17. The second kappa shape index (κ2) is 5.93. The molecule has 1 aromatic carbocycles. The average molecular weight is 277 g/mol. The van der Waals surface area contributed by atoms with Crippen molar-refractivity contribution >= 4 is 23.5 Å². The highest BCUT2D eigenvalue weighted by Crippen LogP contribution is 2.21. The zero-order chi connectivity index (χ0) is 13.8. The number of aliphatic hydroxyl groups excluding tert-OH is 1. The van der Waals surface area contributed by atoms with Gasteiger partial charge in [0.05, 0.1) is 6.04 Å². The van der Waals surface area contributed by atoms with E-state index in [1.165, 1.54) is 12.5 Å². The van der Waals surface area contributed by atoms with Crippen LogP contribution in [0.15, 0.2) is 41.7 Å². The molecule has 5 heteroatoms. The molecule has 1 aliphatic rings. The Kier molecular flexibility index (Phi) is 4.27. The zero-order valence-electron chi connectivity index (χ0n) is 10.6. The van der Waals surface area contributed by atoms with Crippen LogP contribution in [0, 0.1) is 0 Å². The van der Waals surface area contributed by atoms with Crippen LogP contribution < -0.4 is 5.32 Å². The molecule has 0 bridgehead atoms. The van der Waals surface area contributed by atoms with Crippen LogP contribution >= 0.6 is 11.8 Å². The van der Waals surface area contributed by atoms with Gasteiger partial charge in [0.15, 0.2) is 5.78 Å². The summed E-state index contributed by atoms with van der Waals surface area (Å²) in [5.41, 5.74) is 1.08. The molecule has 0 spiro atoms. The number of carbonyl (C=O) groups is 2. The SMILES string of the molecule is CC(=O)C1=C(O)[C@H](CSCc2ccccc2)NC1=O. The second-order valence-corrected chi connectivity index (χ2v) is 5.37. The van der Waals surface area contributed by atoms with Crippen molar-refractivity contribution in [3.63, 3.8) is 0 Å². The molecule has 1 aromatic rings. The van der Waals surface area contributed by atoms with Crippen LogP contribution in [-0.2, 0) is 15.3 Å². The summed E-state index contributed by atoms with van der Waals surface area (Å²) in [4.78, 5) is 22.7. The van der Waals surface area contributed by atoms with Crippen LogP contribution in [0.25, 0.3) is 0 Å². The summed E-state index contributed by atoms with van der Waals surface area (Å²) in [6.45, 7) is 1.28. The van der Waals surface area contributed by atoms with E-state index in [0.717, 1.165) is 5.75 Å². The van der Waals surface area contributed by atoms with E-state index in [4.69, 9.17) is 0 Å². The number of amides is 1. The number of Topliss-reactive ketones (excluding diaryl/α,β-unsaturated/α-hetero) is 1. The predicted molar refractivity (Wildman–Crippen MR) is 74.9 cm³/mol. The molecule has 2 rings (SSSR count). The Morgan fingerprint density at radius 3 is 2.63 bits per heavy atom. The van der Waals surface area contributed by atoms with E-state index in [2.05, 4.69) is 5.32 Å². The number of aliphatic hydroxyl groups is 1. The number of rotatable bonds is 5. The van der Waals surface area contributed by atoms with Gasteiger partial charge >= 0.3 is 0 Å². The van der Waals surface area contributed by atoms with Crippen LogP contribution in [0.5, 0.6) is 0 Å². The number of carbonyl (C=O) groups excluding carboxylic acids is 2. The summed E-state index contributed by atoms with van der Waals surface area (Å²) in [5.74, 6) is 0.345. The Bertz CT molecular complexity index is 525. The quantitative estimate of drug-likeness (QED) is 0.806. The Morgan fingerprint density at radius 2 is 2.05 bits per heavy atom. The first-order valence-electron chi connectivity index (χ1n) is 5.96. The fourth-order valence-electron chi connectivity index (χ4n) is 1.92. The van der Waals surface area contributed by atoms with Gasteiger partial charge in [-0.05, 0) is 12.5 Å². The number of ketones is 1. The topological polar surface area (TPSA) is 66.4 Å². The van der Waals surface area contributed by atoms with Gasteiger partial charge in [-0.25, -0.2) is 0 Å². The van der Waals surface area contributed by atoms with Crippen molar-refractivity contribution in [1.82, 2.24) is 5.32 Å². The molecule has 100 valence electrons. The molecule has 0 aromatic heterocycles. The van der Waals surface area contributed by atoms with Crippen molar-refractivity contribution in [2.75, 3.05) is 5.75 Å². The Morgan fingerprint density at radius 1 is 1.37 bits per heavy atom. The van der Waals surface area contributed by atoms with Crippen LogP contribution in [0.3, 0.4) is 0 Å². The third-order valence-electron chi connectivity index (χ3n) is 2.87. The smallest absolute Gasteiger partial charge is 0.259 e. The highest BCUT2D eigenvalue weighted by atomic mass is 32.2. The Balaban J connectivity index is 1.91. The third-order valence-corrected chi connectivity index (χ3v) is 3.97. The molecule has 4 nitrogen and oxygen atoms in total. The van der Waals surface area contributed by atoms with Gasteiger partial charge in [0, 0.05) is 11.5 Å². The number of hydrogen-bond donors (Lipinski definition) is 2. The van der Waals surface area contributed by atoms with Crippen LogP contribution in [0.1, 0.15) is 12.5 Å².